The molecule has 29 heavy (non-hydrogen) atoms. The average Bonchev–Trinajstić information content (AvgIpc) is 2.63. The second-order valence-electron chi connectivity index (χ2n) is 6.78. The van der Waals surface area contributed by atoms with Crippen LogP contribution in [-0.2, 0) is 11.3 Å². The smallest absolute Gasteiger partial charge is 0.401 e. The maximum absolute atomic E-state index is 12.4. The van der Waals surface area contributed by atoms with E-state index in [1.165, 1.54) is 11.9 Å². The summed E-state index contributed by atoms with van der Waals surface area (Å²) in [5.74, 6) is 1.39. The monoisotopic (exact) mass is 418 g/mol. The van der Waals surface area contributed by atoms with Gasteiger partial charge in [-0.15, -0.1) is 0 Å². The lowest BCUT2D eigenvalue weighted by atomic mass is 10.1. The van der Waals surface area contributed by atoms with E-state index >= 15 is 0 Å². The molecule has 0 unspecified atom stereocenters. The number of hydrogen-bond donors (Lipinski definition) is 2. The normalized spacial score (nSPS) is 12.3. The zero-order valence-corrected chi connectivity index (χ0v) is 17.7. The van der Waals surface area contributed by atoms with Gasteiger partial charge in [-0.05, 0) is 45.5 Å². The minimum Gasteiger partial charge on any atom is -0.491 e. The van der Waals surface area contributed by atoms with E-state index in [2.05, 4.69) is 15.6 Å². The lowest BCUT2D eigenvalue weighted by Crippen LogP contribution is -2.39. The third kappa shape index (κ3) is 11.6. The van der Waals surface area contributed by atoms with Gasteiger partial charge in [0.25, 0.3) is 0 Å². The number of nitrogens with zero attached hydrogens (tertiary/aromatic N) is 2. The van der Waals surface area contributed by atoms with E-state index in [-0.39, 0.29) is 0 Å². The Morgan fingerprint density at radius 3 is 2.62 bits per heavy atom. The quantitative estimate of drug-likeness (QED) is 0.311. The van der Waals surface area contributed by atoms with Crippen molar-refractivity contribution in [2.45, 2.75) is 33.0 Å². The molecule has 0 amide bonds. The largest absolute Gasteiger partial charge is 0.491 e. The van der Waals surface area contributed by atoms with Gasteiger partial charge in [0.05, 0.1) is 19.7 Å². The second-order valence-corrected chi connectivity index (χ2v) is 6.78. The third-order valence-electron chi connectivity index (χ3n) is 3.98. The van der Waals surface area contributed by atoms with Crippen LogP contribution in [0.25, 0.3) is 0 Å². The van der Waals surface area contributed by atoms with E-state index in [0.29, 0.717) is 51.8 Å². The van der Waals surface area contributed by atoms with Crippen LogP contribution < -0.4 is 15.4 Å². The molecule has 0 radical (unpaired) electrons. The van der Waals surface area contributed by atoms with Crippen molar-refractivity contribution in [1.82, 2.24) is 15.5 Å². The summed E-state index contributed by atoms with van der Waals surface area (Å²) in [6.07, 6.45) is -3.59. The van der Waals surface area contributed by atoms with Crippen LogP contribution in [0.3, 0.4) is 0 Å². The van der Waals surface area contributed by atoms with Gasteiger partial charge in [-0.25, -0.2) is 4.99 Å². The molecular weight excluding hydrogens is 385 g/mol. The number of hydrogen-bond acceptors (Lipinski definition) is 4. The Hall–Kier alpha value is -2.00. The summed E-state index contributed by atoms with van der Waals surface area (Å²) in [7, 11) is 3.09. The summed E-state index contributed by atoms with van der Waals surface area (Å²) in [6, 6.07) is 5.96. The molecule has 0 fully saturated rings. The molecule has 0 aliphatic carbocycles. The number of rotatable bonds is 12. The van der Waals surface area contributed by atoms with Gasteiger partial charge in [0.2, 0.25) is 0 Å². The van der Waals surface area contributed by atoms with Crippen LogP contribution >= 0.6 is 0 Å². The molecule has 0 bridgehead atoms. The van der Waals surface area contributed by atoms with E-state index in [0.717, 1.165) is 16.9 Å². The van der Waals surface area contributed by atoms with Crippen molar-refractivity contribution in [3.05, 3.63) is 29.3 Å². The molecule has 1 rings (SSSR count). The Bertz CT molecular complexity index is 624. The molecule has 0 heterocycles. The zero-order chi connectivity index (χ0) is 21.7. The van der Waals surface area contributed by atoms with Crippen LogP contribution in [0.4, 0.5) is 13.2 Å². The van der Waals surface area contributed by atoms with Gasteiger partial charge < -0.3 is 20.1 Å². The van der Waals surface area contributed by atoms with Crippen molar-refractivity contribution in [3.63, 3.8) is 0 Å². The molecule has 0 spiro atoms. The molecule has 0 aliphatic rings. The topological polar surface area (TPSA) is 58.1 Å². The SMILES string of the molecule is CCNC(=NCc1ccc(C)cc1OCCOC)NCCCN(C)CC(F)(F)F. The summed E-state index contributed by atoms with van der Waals surface area (Å²) in [5, 5.41) is 6.31. The second kappa shape index (κ2) is 13.3. The van der Waals surface area contributed by atoms with Crippen molar-refractivity contribution >= 4 is 5.96 Å². The lowest BCUT2D eigenvalue weighted by molar-refractivity contribution is -0.143. The number of ether oxygens (including phenoxy) is 2. The van der Waals surface area contributed by atoms with Crippen molar-refractivity contribution in [2.24, 2.45) is 4.99 Å². The maximum Gasteiger partial charge on any atom is 0.401 e. The third-order valence-corrected chi connectivity index (χ3v) is 3.98. The fourth-order valence-electron chi connectivity index (χ4n) is 2.61. The Balaban J connectivity index is 2.59. The maximum atomic E-state index is 12.4. The number of methoxy groups -OCH3 is 1. The highest BCUT2D eigenvalue weighted by Crippen LogP contribution is 2.21. The van der Waals surface area contributed by atoms with E-state index in [4.69, 9.17) is 9.47 Å². The molecule has 2 N–H and O–H groups in total. The van der Waals surface area contributed by atoms with Gasteiger partial charge in [-0.2, -0.15) is 13.2 Å². The molecule has 0 saturated heterocycles. The molecule has 1 aromatic carbocycles. The van der Waals surface area contributed by atoms with Gasteiger partial charge >= 0.3 is 6.18 Å². The summed E-state index contributed by atoms with van der Waals surface area (Å²) in [4.78, 5) is 5.83. The molecule has 0 aliphatic heterocycles. The zero-order valence-electron chi connectivity index (χ0n) is 17.7. The first kappa shape index (κ1) is 25.0. The standard InChI is InChI=1S/C20H33F3N4O2/c1-5-24-19(25-9-6-10-27(3)15-20(21,22)23)26-14-17-8-7-16(2)13-18(17)29-12-11-28-4/h7-8,13H,5-6,9-12,14-15H2,1-4H3,(H2,24,25,26). The summed E-state index contributed by atoms with van der Waals surface area (Å²) in [6.45, 7) is 6.00. The predicted molar refractivity (Wildman–Crippen MR) is 110 cm³/mol. The molecule has 166 valence electrons. The molecule has 0 saturated carbocycles. The summed E-state index contributed by atoms with van der Waals surface area (Å²) < 4.78 is 47.9. The highest BCUT2D eigenvalue weighted by molar-refractivity contribution is 5.79. The van der Waals surface area contributed by atoms with Gasteiger partial charge in [0, 0.05) is 25.8 Å². The molecule has 6 nitrogen and oxygen atoms in total. The van der Waals surface area contributed by atoms with E-state index in [1.54, 1.807) is 7.11 Å². The van der Waals surface area contributed by atoms with Crippen LogP contribution in [0.5, 0.6) is 5.75 Å². The van der Waals surface area contributed by atoms with Crippen molar-refractivity contribution in [1.29, 1.82) is 0 Å². The molecule has 0 atom stereocenters. The Kier molecular flexibility index (Phi) is 11.5. The number of aliphatic imine (C=N–C) groups is 1. The van der Waals surface area contributed by atoms with Gasteiger partial charge in [-0.3, -0.25) is 4.90 Å². The van der Waals surface area contributed by atoms with Crippen LogP contribution in [0.2, 0.25) is 0 Å². The van der Waals surface area contributed by atoms with Gasteiger partial charge in [0.1, 0.15) is 12.4 Å². The van der Waals surface area contributed by atoms with Crippen LogP contribution in [0, 0.1) is 6.92 Å². The molecule has 0 aromatic heterocycles. The predicted octanol–water partition coefficient (Wildman–Crippen LogP) is 2.96. The van der Waals surface area contributed by atoms with E-state index in [1.807, 2.05) is 32.0 Å². The first-order valence-corrected chi connectivity index (χ1v) is 9.74. The number of aryl methyl sites for hydroxylation is 1. The van der Waals surface area contributed by atoms with Crippen LogP contribution in [-0.4, -0.2) is 70.6 Å². The highest BCUT2D eigenvalue weighted by Gasteiger charge is 2.28. The van der Waals surface area contributed by atoms with Crippen molar-refractivity contribution in [2.75, 3.05) is 53.6 Å². The molecule has 1 aromatic rings. The van der Waals surface area contributed by atoms with Crippen LogP contribution in [0.1, 0.15) is 24.5 Å². The molecule has 9 heteroatoms. The highest BCUT2D eigenvalue weighted by atomic mass is 19.4. The number of nitrogens with one attached hydrogen (secondary N) is 2. The van der Waals surface area contributed by atoms with Gasteiger partial charge in [-0.1, -0.05) is 12.1 Å². The van der Waals surface area contributed by atoms with E-state index in [9.17, 15) is 13.2 Å². The average molecular weight is 419 g/mol. The number of benzene rings is 1. The summed E-state index contributed by atoms with van der Waals surface area (Å²) in [5.41, 5.74) is 2.05. The first-order chi connectivity index (χ1) is 13.7. The first-order valence-electron chi connectivity index (χ1n) is 9.74. The van der Waals surface area contributed by atoms with Gasteiger partial charge in [0.15, 0.2) is 5.96 Å². The van der Waals surface area contributed by atoms with Crippen molar-refractivity contribution in [3.8, 4) is 5.75 Å². The lowest BCUT2D eigenvalue weighted by Gasteiger charge is -2.19. The minimum absolute atomic E-state index is 0.349. The Morgan fingerprint density at radius 1 is 1.21 bits per heavy atom. The Labute approximate surface area is 171 Å². The van der Waals surface area contributed by atoms with Crippen LogP contribution in [0.15, 0.2) is 23.2 Å². The molecular formula is C20H33F3N4O2. The van der Waals surface area contributed by atoms with E-state index < -0.39 is 12.7 Å². The fraction of sp³-hybridized carbons (Fsp3) is 0.650. The minimum atomic E-state index is -4.17. The Morgan fingerprint density at radius 2 is 1.97 bits per heavy atom. The number of guanidine groups is 1. The number of alkyl halides is 3. The van der Waals surface area contributed by atoms with Crippen molar-refractivity contribution < 1.29 is 22.6 Å². The fourth-order valence-corrected chi connectivity index (χ4v) is 2.61. The summed E-state index contributed by atoms with van der Waals surface area (Å²) >= 11 is 0. The number of halogens is 3.